The van der Waals surface area contributed by atoms with E-state index in [1.807, 2.05) is 42.5 Å². The number of para-hydroxylation sites is 3. The summed E-state index contributed by atoms with van der Waals surface area (Å²) in [5, 5.41) is 4.38. The zero-order chi connectivity index (χ0) is 37.0. The summed E-state index contributed by atoms with van der Waals surface area (Å²) in [6.45, 7) is 0. The maximum absolute atomic E-state index is 6.85. The number of rotatable bonds is 6. The van der Waals surface area contributed by atoms with Crippen LogP contribution in [0.4, 0.5) is 0 Å². The van der Waals surface area contributed by atoms with E-state index in [-0.39, 0.29) is 0 Å². The maximum atomic E-state index is 6.85. The van der Waals surface area contributed by atoms with Gasteiger partial charge in [-0.3, -0.25) is 0 Å². The van der Waals surface area contributed by atoms with Crippen LogP contribution in [-0.2, 0) is 0 Å². The summed E-state index contributed by atoms with van der Waals surface area (Å²) in [6, 6.07) is 67.3. The van der Waals surface area contributed by atoms with Gasteiger partial charge in [-0.15, -0.1) is 0 Å². The lowest BCUT2D eigenvalue weighted by atomic mass is 10.0. The van der Waals surface area contributed by atoms with Crippen molar-refractivity contribution in [1.29, 1.82) is 0 Å². The molecule has 56 heavy (non-hydrogen) atoms. The Balaban J connectivity index is 1.16. The van der Waals surface area contributed by atoms with Gasteiger partial charge in [0, 0.05) is 38.2 Å². The van der Waals surface area contributed by atoms with Crippen LogP contribution in [0.2, 0.25) is 0 Å². The summed E-state index contributed by atoms with van der Waals surface area (Å²) in [6.07, 6.45) is 0. The van der Waals surface area contributed by atoms with E-state index in [0.717, 1.165) is 88.4 Å². The summed E-state index contributed by atoms with van der Waals surface area (Å²) in [5.41, 5.74) is 11.9. The molecule has 5 heteroatoms. The van der Waals surface area contributed by atoms with Crippen molar-refractivity contribution in [3.63, 3.8) is 0 Å². The first-order chi connectivity index (χ1) is 27.8. The molecule has 0 atom stereocenters. The highest BCUT2D eigenvalue weighted by Crippen LogP contribution is 2.42. The Morgan fingerprint density at radius 1 is 0.357 bits per heavy atom. The third kappa shape index (κ3) is 5.29. The smallest absolute Gasteiger partial charge is 0.166 e. The molecule has 0 saturated carbocycles. The fourth-order valence-electron chi connectivity index (χ4n) is 8.03. The minimum atomic E-state index is 0.595. The van der Waals surface area contributed by atoms with Crippen molar-refractivity contribution < 1.29 is 4.42 Å². The first-order valence-electron chi connectivity index (χ1n) is 18.8. The van der Waals surface area contributed by atoms with Crippen LogP contribution in [0.15, 0.2) is 199 Å². The molecule has 0 radical (unpaired) electrons. The van der Waals surface area contributed by atoms with Gasteiger partial charge in [-0.25, -0.2) is 15.0 Å². The molecular weight excluding hydrogens is 685 g/mol. The van der Waals surface area contributed by atoms with E-state index >= 15 is 0 Å². The van der Waals surface area contributed by atoms with Gasteiger partial charge < -0.3 is 8.98 Å². The fraction of sp³-hybridized carbons (Fsp3) is 0. The molecule has 11 rings (SSSR count). The lowest BCUT2D eigenvalue weighted by Crippen LogP contribution is -2.02. The topological polar surface area (TPSA) is 56.7 Å². The highest BCUT2D eigenvalue weighted by atomic mass is 16.3. The molecule has 0 aliphatic rings. The number of nitrogens with zero attached hydrogens (tertiary/aromatic N) is 4. The van der Waals surface area contributed by atoms with Gasteiger partial charge in [0.15, 0.2) is 23.1 Å². The molecule has 262 valence electrons. The van der Waals surface area contributed by atoms with Crippen molar-refractivity contribution >= 4 is 43.7 Å². The van der Waals surface area contributed by atoms with Crippen LogP contribution in [0.3, 0.4) is 0 Å². The molecule has 3 aromatic heterocycles. The zero-order valence-electron chi connectivity index (χ0n) is 30.2. The molecule has 0 spiro atoms. The molecule has 0 bridgehead atoms. The van der Waals surface area contributed by atoms with Gasteiger partial charge in [-0.05, 0) is 58.7 Å². The molecule has 0 saturated heterocycles. The summed E-state index contributed by atoms with van der Waals surface area (Å²) in [7, 11) is 0. The highest BCUT2D eigenvalue weighted by molar-refractivity contribution is 6.15. The molecular formula is C51H32N4O. The number of fused-ring (bicyclic) bond motifs is 6. The van der Waals surface area contributed by atoms with E-state index in [0.29, 0.717) is 17.5 Å². The summed E-state index contributed by atoms with van der Waals surface area (Å²) < 4.78 is 9.18. The highest BCUT2D eigenvalue weighted by Gasteiger charge is 2.22. The largest absolute Gasteiger partial charge is 0.454 e. The SMILES string of the molecule is c1ccc(-c2cccc(-c3nc(-c4ccccc4)nc(-c4cccc5c6ccccc6n(-c6cccc7c6oc6cc(-c8ccccc8)ccc67)c45)n3)c2)cc1. The van der Waals surface area contributed by atoms with Crippen LogP contribution >= 0.6 is 0 Å². The number of hydrogen-bond acceptors (Lipinski definition) is 4. The van der Waals surface area contributed by atoms with E-state index in [1.54, 1.807) is 0 Å². The Morgan fingerprint density at radius 2 is 0.911 bits per heavy atom. The van der Waals surface area contributed by atoms with E-state index < -0.39 is 0 Å². The molecule has 0 aliphatic carbocycles. The van der Waals surface area contributed by atoms with Crippen LogP contribution in [0.1, 0.15) is 0 Å². The molecule has 3 heterocycles. The Hall–Kier alpha value is -7.63. The van der Waals surface area contributed by atoms with Crippen molar-refractivity contribution in [1.82, 2.24) is 19.5 Å². The summed E-state index contributed by atoms with van der Waals surface area (Å²) in [4.78, 5) is 15.6. The summed E-state index contributed by atoms with van der Waals surface area (Å²) >= 11 is 0. The minimum absolute atomic E-state index is 0.595. The van der Waals surface area contributed by atoms with E-state index in [2.05, 4.69) is 156 Å². The first-order valence-corrected chi connectivity index (χ1v) is 18.8. The van der Waals surface area contributed by atoms with E-state index in [4.69, 9.17) is 19.4 Å². The second-order valence-corrected chi connectivity index (χ2v) is 14.0. The Morgan fingerprint density at radius 3 is 1.68 bits per heavy atom. The number of furan rings is 1. The quantitative estimate of drug-likeness (QED) is 0.172. The standard InChI is InChI=1S/C51H32N4O/c1-4-15-33(16-5-1)36-21-12-22-38(31-36)50-52-49(35-19-8-3-9-20-35)53-51(54-50)43-26-13-24-41-39-23-10-11-27-44(39)55(47(41)43)45-28-14-25-42-40-30-29-37(32-46(40)56-48(42)45)34-17-6-2-7-18-34/h1-32H. The number of hydrogen-bond donors (Lipinski definition) is 0. The second kappa shape index (κ2) is 13.0. The predicted octanol–water partition coefficient (Wildman–Crippen LogP) is 13.2. The molecule has 0 aliphatic heterocycles. The molecule has 0 N–H and O–H groups in total. The lowest BCUT2D eigenvalue weighted by molar-refractivity contribution is 0.666. The van der Waals surface area contributed by atoms with Crippen LogP contribution < -0.4 is 0 Å². The van der Waals surface area contributed by atoms with Gasteiger partial charge in [0.25, 0.3) is 0 Å². The monoisotopic (exact) mass is 716 g/mol. The maximum Gasteiger partial charge on any atom is 0.166 e. The average molecular weight is 717 g/mol. The zero-order valence-corrected chi connectivity index (χ0v) is 30.2. The van der Waals surface area contributed by atoms with Crippen LogP contribution in [0.25, 0.3) is 106 Å². The van der Waals surface area contributed by atoms with Gasteiger partial charge in [-0.2, -0.15) is 0 Å². The number of aromatic nitrogens is 4. The molecule has 8 aromatic carbocycles. The van der Waals surface area contributed by atoms with Crippen LogP contribution in [0, 0.1) is 0 Å². The van der Waals surface area contributed by atoms with Crippen LogP contribution in [-0.4, -0.2) is 19.5 Å². The molecule has 0 fully saturated rings. The molecule has 11 aromatic rings. The van der Waals surface area contributed by atoms with Gasteiger partial charge >= 0.3 is 0 Å². The lowest BCUT2D eigenvalue weighted by Gasteiger charge is -2.13. The normalized spacial score (nSPS) is 11.6. The average Bonchev–Trinajstić information content (AvgIpc) is 3.83. The van der Waals surface area contributed by atoms with Crippen molar-refractivity contribution in [2.24, 2.45) is 0 Å². The van der Waals surface area contributed by atoms with Crippen molar-refractivity contribution in [3.8, 4) is 62.1 Å². The predicted molar refractivity (Wildman–Crippen MR) is 229 cm³/mol. The Labute approximate surface area is 322 Å². The fourth-order valence-corrected chi connectivity index (χ4v) is 8.03. The van der Waals surface area contributed by atoms with Gasteiger partial charge in [0.2, 0.25) is 0 Å². The van der Waals surface area contributed by atoms with Crippen molar-refractivity contribution in [2.75, 3.05) is 0 Å². The Kier molecular flexibility index (Phi) is 7.42. The second-order valence-electron chi connectivity index (χ2n) is 14.0. The molecule has 0 unspecified atom stereocenters. The van der Waals surface area contributed by atoms with Crippen molar-refractivity contribution in [3.05, 3.63) is 194 Å². The van der Waals surface area contributed by atoms with Crippen LogP contribution in [0.5, 0.6) is 0 Å². The molecule has 5 nitrogen and oxygen atoms in total. The Bertz CT molecular complexity index is 3240. The van der Waals surface area contributed by atoms with E-state index in [1.165, 1.54) is 0 Å². The van der Waals surface area contributed by atoms with Crippen molar-refractivity contribution in [2.45, 2.75) is 0 Å². The van der Waals surface area contributed by atoms with Gasteiger partial charge in [-0.1, -0.05) is 158 Å². The van der Waals surface area contributed by atoms with Gasteiger partial charge in [0.1, 0.15) is 5.58 Å². The van der Waals surface area contributed by atoms with Gasteiger partial charge in [0.05, 0.1) is 16.7 Å². The minimum Gasteiger partial charge on any atom is -0.454 e. The number of benzene rings is 8. The summed E-state index contributed by atoms with van der Waals surface area (Å²) in [5.74, 6) is 1.82. The first kappa shape index (κ1) is 31.9. The third-order valence-electron chi connectivity index (χ3n) is 10.7. The third-order valence-corrected chi connectivity index (χ3v) is 10.7. The van der Waals surface area contributed by atoms with E-state index in [9.17, 15) is 0 Å². The molecule has 0 amide bonds.